The number of aromatic amines is 2. The van der Waals surface area contributed by atoms with Crippen LogP contribution >= 0.6 is 0 Å². The van der Waals surface area contributed by atoms with Crippen molar-refractivity contribution in [2.75, 3.05) is 0 Å². The number of benzene rings is 2. The van der Waals surface area contributed by atoms with Crippen molar-refractivity contribution in [2.45, 2.75) is 0 Å². The van der Waals surface area contributed by atoms with Gasteiger partial charge in [-0.1, -0.05) is 66.7 Å². The van der Waals surface area contributed by atoms with Crippen molar-refractivity contribution >= 4 is 16.8 Å². The van der Waals surface area contributed by atoms with Crippen molar-refractivity contribution in [3.05, 3.63) is 107 Å². The maximum atomic E-state index is 13.3. The summed E-state index contributed by atoms with van der Waals surface area (Å²) in [6, 6.07) is 23.7. The minimum Gasteiger partial charge on any atom is -0.337 e. The highest BCUT2D eigenvalue weighted by molar-refractivity contribution is 6.16. The summed E-state index contributed by atoms with van der Waals surface area (Å²) in [5.41, 5.74) is 2.74. The predicted molar refractivity (Wildman–Crippen MR) is 115 cm³/mol. The molecule has 6 nitrogen and oxygen atoms in total. The molecule has 0 aliphatic carbocycles. The van der Waals surface area contributed by atoms with Gasteiger partial charge < -0.3 is 9.97 Å². The molecule has 0 spiro atoms. The van der Waals surface area contributed by atoms with E-state index in [2.05, 4.69) is 19.9 Å². The maximum Gasteiger partial charge on any atom is 0.283 e. The van der Waals surface area contributed by atoms with Crippen LogP contribution in [0.2, 0.25) is 0 Å². The van der Waals surface area contributed by atoms with Crippen molar-refractivity contribution in [1.82, 2.24) is 19.9 Å². The molecule has 0 atom stereocenters. The molecule has 0 radical (unpaired) electrons. The van der Waals surface area contributed by atoms with Gasteiger partial charge in [0, 0.05) is 17.3 Å². The first-order chi connectivity index (χ1) is 14.7. The van der Waals surface area contributed by atoms with E-state index in [0.29, 0.717) is 39.4 Å². The fourth-order valence-electron chi connectivity index (χ4n) is 3.53. The summed E-state index contributed by atoms with van der Waals surface area (Å²) < 4.78 is 0. The van der Waals surface area contributed by atoms with Crippen molar-refractivity contribution in [2.24, 2.45) is 0 Å². The number of pyridine rings is 1. The average Bonchev–Trinajstić information content (AvgIpc) is 3.20. The highest BCUT2D eigenvalue weighted by Crippen LogP contribution is 2.31. The summed E-state index contributed by atoms with van der Waals surface area (Å²) in [5.74, 6) is 0.144. The summed E-state index contributed by atoms with van der Waals surface area (Å²) in [6.45, 7) is 0. The molecule has 3 heterocycles. The number of H-pyrrole nitrogens is 2. The Bertz CT molecular complexity index is 1410. The molecule has 2 aromatic carbocycles. The molecule has 0 saturated carbocycles. The lowest BCUT2D eigenvalue weighted by Crippen LogP contribution is -2.10. The standard InChI is InChI=1S/C24H16N4O2/c29-21(16-11-5-2-6-12-16)20-18(15-9-3-1-4-10-15)19-23(26-20)27-22(28-24(19)30)17-13-7-8-14-25-17/h1-14H,(H2,26,27,28,30). The highest BCUT2D eigenvalue weighted by atomic mass is 16.1. The van der Waals surface area contributed by atoms with Gasteiger partial charge in [0.25, 0.3) is 5.56 Å². The number of ketones is 1. The van der Waals surface area contributed by atoms with Gasteiger partial charge in [0.2, 0.25) is 5.78 Å². The Kier molecular flexibility index (Phi) is 4.29. The van der Waals surface area contributed by atoms with Crippen LogP contribution in [-0.2, 0) is 0 Å². The van der Waals surface area contributed by atoms with Gasteiger partial charge in [-0.3, -0.25) is 14.6 Å². The third-order valence-corrected chi connectivity index (χ3v) is 4.90. The first kappa shape index (κ1) is 17.8. The normalized spacial score (nSPS) is 10.9. The lowest BCUT2D eigenvalue weighted by Gasteiger charge is -2.04. The molecular weight excluding hydrogens is 376 g/mol. The van der Waals surface area contributed by atoms with Crippen LogP contribution in [0.5, 0.6) is 0 Å². The van der Waals surface area contributed by atoms with Gasteiger partial charge in [-0.15, -0.1) is 0 Å². The Balaban J connectivity index is 1.80. The molecule has 0 bridgehead atoms. The van der Waals surface area contributed by atoms with E-state index in [1.54, 1.807) is 30.5 Å². The monoisotopic (exact) mass is 392 g/mol. The second kappa shape index (κ2) is 7.25. The fraction of sp³-hybridized carbons (Fsp3) is 0. The summed E-state index contributed by atoms with van der Waals surface area (Å²) >= 11 is 0. The summed E-state index contributed by atoms with van der Waals surface area (Å²) in [6.07, 6.45) is 1.63. The van der Waals surface area contributed by atoms with Gasteiger partial charge in [-0.2, -0.15) is 4.98 Å². The van der Waals surface area contributed by atoms with Crippen LogP contribution in [-0.4, -0.2) is 25.7 Å². The molecule has 2 N–H and O–H groups in total. The van der Waals surface area contributed by atoms with E-state index < -0.39 is 5.56 Å². The third kappa shape index (κ3) is 3.00. The summed E-state index contributed by atoms with van der Waals surface area (Å²) in [4.78, 5) is 41.1. The molecule has 6 heteroatoms. The molecule has 0 aliphatic rings. The molecule has 0 saturated heterocycles. The smallest absolute Gasteiger partial charge is 0.283 e. The van der Waals surface area contributed by atoms with Gasteiger partial charge >= 0.3 is 0 Å². The van der Waals surface area contributed by atoms with Crippen molar-refractivity contribution < 1.29 is 4.79 Å². The van der Waals surface area contributed by atoms with Gasteiger partial charge in [0.05, 0.1) is 11.1 Å². The Morgan fingerprint density at radius 2 is 1.50 bits per heavy atom. The van der Waals surface area contributed by atoms with Crippen LogP contribution in [0.25, 0.3) is 33.7 Å². The number of nitrogens with zero attached hydrogens (tertiary/aromatic N) is 2. The predicted octanol–water partition coefficient (Wildman–Crippen LogP) is 4.21. The van der Waals surface area contributed by atoms with E-state index in [9.17, 15) is 9.59 Å². The average molecular weight is 392 g/mol. The van der Waals surface area contributed by atoms with Gasteiger partial charge in [-0.25, -0.2) is 0 Å². The lowest BCUT2D eigenvalue weighted by molar-refractivity contribution is 0.103. The number of nitrogens with one attached hydrogen (secondary N) is 2. The zero-order chi connectivity index (χ0) is 20.5. The molecule has 0 fully saturated rings. The van der Waals surface area contributed by atoms with E-state index in [0.717, 1.165) is 5.56 Å². The van der Waals surface area contributed by atoms with Crippen LogP contribution in [0.4, 0.5) is 0 Å². The molecule has 144 valence electrons. The zero-order valence-electron chi connectivity index (χ0n) is 15.8. The van der Waals surface area contributed by atoms with Gasteiger partial charge in [-0.05, 0) is 17.7 Å². The van der Waals surface area contributed by atoms with E-state index in [1.807, 2.05) is 54.6 Å². The van der Waals surface area contributed by atoms with E-state index in [-0.39, 0.29) is 5.78 Å². The molecule has 5 rings (SSSR count). The molecular formula is C24H16N4O2. The minimum absolute atomic E-state index is 0.196. The van der Waals surface area contributed by atoms with E-state index >= 15 is 0 Å². The Morgan fingerprint density at radius 1 is 0.800 bits per heavy atom. The van der Waals surface area contributed by atoms with Crippen LogP contribution < -0.4 is 5.56 Å². The second-order valence-corrected chi connectivity index (χ2v) is 6.79. The topological polar surface area (TPSA) is 91.5 Å². The SMILES string of the molecule is O=C(c1ccccc1)c1[nH]c2[nH]c(-c3ccccn3)nc(=O)c2c1-c1ccccc1. The number of hydrogen-bond acceptors (Lipinski definition) is 4. The van der Waals surface area contributed by atoms with Gasteiger partial charge in [0.15, 0.2) is 5.82 Å². The lowest BCUT2D eigenvalue weighted by atomic mass is 9.98. The molecule has 0 aliphatic heterocycles. The molecule has 3 aromatic heterocycles. The number of rotatable bonds is 4. The molecule has 0 amide bonds. The van der Waals surface area contributed by atoms with Crippen molar-refractivity contribution in [3.8, 4) is 22.6 Å². The minimum atomic E-state index is -0.424. The van der Waals surface area contributed by atoms with Gasteiger partial charge in [0.1, 0.15) is 11.3 Å². The number of carbonyl (C=O) groups is 1. The molecule has 0 unspecified atom stereocenters. The highest BCUT2D eigenvalue weighted by Gasteiger charge is 2.23. The second-order valence-electron chi connectivity index (χ2n) is 6.79. The summed E-state index contributed by atoms with van der Waals surface area (Å²) in [7, 11) is 0. The van der Waals surface area contributed by atoms with Crippen LogP contribution in [0.15, 0.2) is 89.9 Å². The largest absolute Gasteiger partial charge is 0.337 e. The number of fused-ring (bicyclic) bond motifs is 1. The Morgan fingerprint density at radius 3 is 2.20 bits per heavy atom. The van der Waals surface area contributed by atoms with Crippen LogP contribution in [0.3, 0.4) is 0 Å². The Hall–Kier alpha value is -4.32. The molecule has 5 aromatic rings. The number of hydrogen-bond donors (Lipinski definition) is 2. The third-order valence-electron chi connectivity index (χ3n) is 4.90. The first-order valence-corrected chi connectivity index (χ1v) is 9.45. The summed E-state index contributed by atoms with van der Waals surface area (Å²) in [5, 5.41) is 0.347. The quantitative estimate of drug-likeness (QED) is 0.448. The number of aromatic nitrogens is 4. The first-order valence-electron chi connectivity index (χ1n) is 9.45. The van der Waals surface area contributed by atoms with E-state index in [4.69, 9.17) is 0 Å². The number of carbonyl (C=O) groups excluding carboxylic acids is 1. The fourth-order valence-corrected chi connectivity index (χ4v) is 3.53. The zero-order valence-corrected chi connectivity index (χ0v) is 15.8. The van der Waals surface area contributed by atoms with Crippen LogP contribution in [0.1, 0.15) is 16.1 Å². The van der Waals surface area contributed by atoms with Crippen molar-refractivity contribution in [3.63, 3.8) is 0 Å². The Labute approximate surface area is 171 Å². The van der Waals surface area contributed by atoms with Crippen LogP contribution in [0, 0.1) is 0 Å². The molecule has 30 heavy (non-hydrogen) atoms. The van der Waals surface area contributed by atoms with E-state index in [1.165, 1.54) is 0 Å². The maximum absolute atomic E-state index is 13.3. The van der Waals surface area contributed by atoms with Crippen molar-refractivity contribution in [1.29, 1.82) is 0 Å².